The number of rotatable bonds is 3. The summed E-state index contributed by atoms with van der Waals surface area (Å²) in [7, 11) is 0. The number of alkyl halides is 1. The smallest absolute Gasteiger partial charge is 0.0594 e. The molecule has 5 unspecified atom stereocenters. The number of aliphatic hydroxyl groups excluding tert-OH is 2. The summed E-state index contributed by atoms with van der Waals surface area (Å²) in [5.74, 6) is 3.23. The second kappa shape index (κ2) is 11.0. The Morgan fingerprint density at radius 1 is 0.829 bits per heavy atom. The molecule has 2 N–H and O–H groups in total. The van der Waals surface area contributed by atoms with Gasteiger partial charge in [-0.1, -0.05) is 62.7 Å². The molecule has 0 aliphatic heterocycles. The number of aliphatic hydroxyl groups is 2. The van der Waals surface area contributed by atoms with E-state index in [1.54, 1.807) is 0 Å². The summed E-state index contributed by atoms with van der Waals surface area (Å²) in [6.07, 6.45) is 12.1. The molecule has 0 heterocycles. The zero-order chi connectivity index (χ0) is 24.0. The Labute approximate surface area is 295 Å². The summed E-state index contributed by atoms with van der Waals surface area (Å²) < 4.78 is 0. The van der Waals surface area contributed by atoms with Crippen molar-refractivity contribution in [3.05, 3.63) is 12.2 Å². The van der Waals surface area contributed by atoms with E-state index < -0.39 is 0 Å². The van der Waals surface area contributed by atoms with Gasteiger partial charge in [0.05, 0.1) is 6.10 Å². The first-order valence-electron chi connectivity index (χ1n) is 13.9. The normalized spacial score (nSPS) is 52.0. The van der Waals surface area contributed by atoms with Gasteiger partial charge in [0.25, 0.3) is 0 Å². The molecule has 5 saturated carbocycles. The van der Waals surface area contributed by atoms with E-state index >= 15 is 0 Å². The van der Waals surface area contributed by atoms with Crippen LogP contribution in [0.25, 0.3) is 0 Å². The second-order valence-corrected chi connectivity index (χ2v) is 15.1. The van der Waals surface area contributed by atoms with Crippen molar-refractivity contribution in [3.8, 4) is 0 Å². The number of hydrogen-bond donors (Lipinski definition) is 2. The molecule has 0 aromatic carbocycles. The van der Waals surface area contributed by atoms with Crippen molar-refractivity contribution >= 4 is 15.9 Å². The van der Waals surface area contributed by atoms with E-state index in [4.69, 9.17) is 0 Å². The first-order valence-corrected chi connectivity index (χ1v) is 15.1. The van der Waals surface area contributed by atoms with Crippen LogP contribution in [0, 0.1) is 145 Å². The van der Waals surface area contributed by atoms with Crippen molar-refractivity contribution in [3.63, 3.8) is 0 Å². The summed E-state index contributed by atoms with van der Waals surface area (Å²) >= 11 is 3.73. The van der Waals surface area contributed by atoms with Gasteiger partial charge in [0, 0.05) is 100 Å². The first-order chi connectivity index (χ1) is 15.4. The third-order valence-electron chi connectivity index (χ3n) is 13.6. The molecule has 5 aliphatic carbocycles. The SMILES string of the molecule is C=C(CBr)[C@@H]1CC[C@]2(CO)CC[C@]3(C)C(CCC4[C@@]5(C)CCC(O)C(C)(C)C5CC[C@]43C)C12.[Ac].[Ac]. The standard InChI is InChI=1S/C30H49BrO2.2Ac/c1-19(17-31)20-9-14-30(18-32)16-15-28(5)21(25(20)30)7-8-23-27(4)12-11-24(33)26(2,3)22(27)10-13-29(23,28)6;;/h20-25,32-33H,1,7-18H2,2-6H3;;/t20-,21?,22?,23?,24?,25?,27-,28+,29+,30+;;/m0../s1. The molecule has 2 radical (unpaired) electrons. The third kappa shape index (κ3) is 4.45. The molecule has 0 aromatic heterocycles. The van der Waals surface area contributed by atoms with Gasteiger partial charge >= 0.3 is 0 Å². The fourth-order valence-electron chi connectivity index (χ4n) is 11.6. The maximum Gasteiger partial charge on any atom is 0.0594 e. The van der Waals surface area contributed by atoms with Crippen LogP contribution in [0.1, 0.15) is 98.8 Å². The van der Waals surface area contributed by atoms with Gasteiger partial charge in [-0.3, -0.25) is 0 Å². The molecule has 5 heteroatoms. The Kier molecular flexibility index (Phi) is 10.2. The molecule has 0 bridgehead atoms. The summed E-state index contributed by atoms with van der Waals surface area (Å²) in [5, 5.41) is 22.5. The molecule has 5 aliphatic rings. The zero-order valence-corrected chi connectivity index (χ0v) is 34.2. The molecule has 0 amide bonds. The predicted octanol–water partition coefficient (Wildman–Crippen LogP) is 7.37. The average molecular weight is 976 g/mol. The maximum absolute atomic E-state index is 10.9. The Bertz CT molecular complexity index is 818. The maximum atomic E-state index is 10.9. The van der Waals surface area contributed by atoms with Gasteiger partial charge < -0.3 is 10.2 Å². The Morgan fingerprint density at radius 2 is 1.51 bits per heavy atom. The van der Waals surface area contributed by atoms with Crippen LogP contribution in [0.4, 0.5) is 0 Å². The molecule has 194 valence electrons. The van der Waals surface area contributed by atoms with Crippen molar-refractivity contribution in [2.45, 2.75) is 105 Å². The quantitative estimate of drug-likeness (QED) is 0.229. The Balaban J connectivity index is 0.00000171. The fraction of sp³-hybridized carbons (Fsp3) is 0.933. The molecule has 0 spiro atoms. The topological polar surface area (TPSA) is 40.5 Å². The second-order valence-electron chi connectivity index (χ2n) is 14.5. The van der Waals surface area contributed by atoms with Gasteiger partial charge in [-0.05, 0) is 121 Å². The van der Waals surface area contributed by atoms with E-state index in [0.29, 0.717) is 46.5 Å². The average Bonchev–Trinajstić information content (AvgIpc) is 3.17. The van der Waals surface area contributed by atoms with Gasteiger partial charge in [-0.25, -0.2) is 0 Å². The van der Waals surface area contributed by atoms with Crippen LogP contribution in [-0.2, 0) is 0 Å². The summed E-state index contributed by atoms with van der Waals surface area (Å²) in [5.41, 5.74) is 2.54. The van der Waals surface area contributed by atoms with Crippen LogP contribution in [0.15, 0.2) is 12.2 Å². The van der Waals surface area contributed by atoms with Crippen LogP contribution in [-0.4, -0.2) is 28.3 Å². The van der Waals surface area contributed by atoms with Crippen LogP contribution in [0.2, 0.25) is 0 Å². The Morgan fingerprint density at radius 3 is 2.14 bits per heavy atom. The molecule has 0 saturated heterocycles. The largest absolute Gasteiger partial charge is 0.396 e. The van der Waals surface area contributed by atoms with E-state index in [2.05, 4.69) is 57.1 Å². The van der Waals surface area contributed by atoms with Crippen molar-refractivity contribution in [2.75, 3.05) is 11.9 Å². The third-order valence-corrected chi connectivity index (χ3v) is 14.3. The van der Waals surface area contributed by atoms with Crippen LogP contribution in [0.5, 0.6) is 0 Å². The molecule has 10 atom stereocenters. The summed E-state index contributed by atoms with van der Waals surface area (Å²) in [6, 6.07) is 0. The minimum atomic E-state index is -0.152. The molecule has 0 aromatic rings. The summed E-state index contributed by atoms with van der Waals surface area (Å²) in [4.78, 5) is 0. The van der Waals surface area contributed by atoms with E-state index in [-0.39, 0.29) is 105 Å². The molecule has 35 heavy (non-hydrogen) atoms. The van der Waals surface area contributed by atoms with Crippen LogP contribution < -0.4 is 0 Å². The zero-order valence-electron chi connectivity index (χ0n) is 23.1. The van der Waals surface area contributed by atoms with Crippen LogP contribution in [0.3, 0.4) is 0 Å². The Hall–Kier alpha value is 3.02. The van der Waals surface area contributed by atoms with E-state index in [0.717, 1.165) is 17.7 Å². The molecule has 5 rings (SSSR count). The van der Waals surface area contributed by atoms with E-state index in [1.165, 1.54) is 63.4 Å². The van der Waals surface area contributed by atoms with Gasteiger partial charge in [-0.15, -0.1) is 0 Å². The fourth-order valence-corrected chi connectivity index (χ4v) is 12.0. The number of allylic oxidation sites excluding steroid dienone is 1. The first kappa shape index (κ1) is 32.5. The molecule has 5 fully saturated rings. The number of hydrogen-bond acceptors (Lipinski definition) is 2. The molecular weight excluding hydrogens is 926 g/mol. The predicted molar refractivity (Wildman–Crippen MR) is 140 cm³/mol. The van der Waals surface area contributed by atoms with Crippen molar-refractivity contribution < 1.29 is 98.3 Å². The monoisotopic (exact) mass is 974 g/mol. The van der Waals surface area contributed by atoms with Gasteiger partial charge in [0.1, 0.15) is 0 Å². The number of fused-ring (bicyclic) bond motifs is 7. The minimum Gasteiger partial charge on any atom is -0.396 e. The van der Waals surface area contributed by atoms with E-state index in [1.807, 2.05) is 0 Å². The number of halogens is 1. The van der Waals surface area contributed by atoms with E-state index in [9.17, 15) is 10.2 Å². The summed E-state index contributed by atoms with van der Waals surface area (Å²) in [6.45, 7) is 17.5. The van der Waals surface area contributed by atoms with Crippen LogP contribution >= 0.6 is 15.9 Å². The van der Waals surface area contributed by atoms with Gasteiger partial charge in [0.2, 0.25) is 0 Å². The van der Waals surface area contributed by atoms with Gasteiger partial charge in [0.15, 0.2) is 0 Å². The molecular formula is C30H49Ac2BrO2. The minimum absolute atomic E-state index is 0. The molecule has 2 nitrogen and oxygen atoms in total. The van der Waals surface area contributed by atoms with Crippen molar-refractivity contribution in [2.24, 2.45) is 56.7 Å². The van der Waals surface area contributed by atoms with Gasteiger partial charge in [-0.2, -0.15) is 0 Å². The van der Waals surface area contributed by atoms with Crippen molar-refractivity contribution in [1.29, 1.82) is 0 Å². The van der Waals surface area contributed by atoms with Crippen molar-refractivity contribution in [1.82, 2.24) is 0 Å².